The molecule has 1 atom stereocenters. The Balaban J connectivity index is 2.87. The lowest BCUT2D eigenvalue weighted by Gasteiger charge is -2.21. The Morgan fingerprint density at radius 2 is 1.81 bits per heavy atom. The van der Waals surface area contributed by atoms with Crippen LogP contribution in [0, 0.1) is 11.8 Å². The summed E-state index contributed by atoms with van der Waals surface area (Å²) in [5, 5.41) is 4.98. The first-order chi connectivity index (χ1) is 9.50. The van der Waals surface area contributed by atoms with Crippen LogP contribution < -0.4 is 9.88 Å². The molecule has 0 saturated heterocycles. The normalized spacial score (nSPS) is 14.2. The predicted molar refractivity (Wildman–Crippen MR) is 73.2 cm³/mol. The van der Waals surface area contributed by atoms with Crippen molar-refractivity contribution in [3.05, 3.63) is 29.8 Å². The minimum absolute atomic E-state index is 0.0960. The van der Waals surface area contributed by atoms with Gasteiger partial charge in [-0.1, -0.05) is 26.0 Å². The van der Waals surface area contributed by atoms with Crippen LogP contribution in [0.2, 0.25) is 0 Å². The van der Waals surface area contributed by atoms with Crippen molar-refractivity contribution >= 4 is 10.0 Å². The number of hydrogen-bond acceptors (Lipinski definition) is 3. The van der Waals surface area contributed by atoms with Crippen molar-refractivity contribution in [2.24, 2.45) is 17.0 Å². The zero-order valence-electron chi connectivity index (χ0n) is 11.7. The summed E-state index contributed by atoms with van der Waals surface area (Å²) in [5.41, 5.74) is -0.886. The van der Waals surface area contributed by atoms with E-state index in [2.05, 4.69) is 0 Å². The van der Waals surface area contributed by atoms with E-state index >= 15 is 0 Å². The Labute approximate surface area is 122 Å². The largest absolute Gasteiger partial charge is 0.493 e. The van der Waals surface area contributed by atoms with Crippen LogP contribution in [-0.4, -0.2) is 20.8 Å². The van der Waals surface area contributed by atoms with Gasteiger partial charge < -0.3 is 4.74 Å². The molecule has 0 aliphatic heterocycles. The van der Waals surface area contributed by atoms with Gasteiger partial charge in [0.25, 0.3) is 0 Å². The Hall–Kier alpha value is -1.28. The number of hydrogen-bond donors (Lipinski definition) is 1. The number of primary sulfonamides is 1. The first-order valence-electron chi connectivity index (χ1n) is 6.30. The summed E-state index contributed by atoms with van der Waals surface area (Å²) in [6, 6.07) is 4.81. The number of sulfonamides is 1. The molecule has 0 aromatic heterocycles. The van der Waals surface area contributed by atoms with Crippen molar-refractivity contribution in [2.75, 3.05) is 12.4 Å². The second-order valence-corrected chi connectivity index (χ2v) is 6.80. The van der Waals surface area contributed by atoms with E-state index in [4.69, 9.17) is 9.88 Å². The van der Waals surface area contributed by atoms with Crippen molar-refractivity contribution in [2.45, 2.75) is 20.0 Å². The number of alkyl halides is 3. The van der Waals surface area contributed by atoms with Gasteiger partial charge in [0.05, 0.1) is 17.9 Å². The van der Waals surface area contributed by atoms with Crippen molar-refractivity contribution in [3.8, 4) is 5.75 Å². The Morgan fingerprint density at radius 1 is 1.24 bits per heavy atom. The van der Waals surface area contributed by atoms with Crippen molar-refractivity contribution in [1.82, 2.24) is 0 Å². The first kappa shape index (κ1) is 17.8. The van der Waals surface area contributed by atoms with E-state index in [-0.39, 0.29) is 24.0 Å². The topological polar surface area (TPSA) is 69.4 Å². The Morgan fingerprint density at radius 3 is 2.29 bits per heavy atom. The zero-order valence-corrected chi connectivity index (χ0v) is 12.5. The van der Waals surface area contributed by atoms with Crippen molar-refractivity contribution in [3.63, 3.8) is 0 Å². The predicted octanol–water partition coefficient (Wildman–Crippen LogP) is 2.64. The minimum Gasteiger partial charge on any atom is -0.493 e. The SMILES string of the molecule is CC(C)C(COc1ccccc1C(F)(F)F)CS(N)(=O)=O. The van der Waals surface area contributed by atoms with Gasteiger partial charge in [-0.3, -0.25) is 0 Å². The number of para-hydroxylation sites is 1. The van der Waals surface area contributed by atoms with Crippen LogP contribution in [0.3, 0.4) is 0 Å². The minimum atomic E-state index is -4.52. The van der Waals surface area contributed by atoms with Gasteiger partial charge in [0, 0.05) is 5.92 Å². The summed E-state index contributed by atoms with van der Waals surface area (Å²) < 4.78 is 65.9. The van der Waals surface area contributed by atoms with Crippen molar-refractivity contribution in [1.29, 1.82) is 0 Å². The lowest BCUT2D eigenvalue weighted by atomic mass is 9.99. The molecular weight excluding hydrogens is 307 g/mol. The molecule has 0 amide bonds. The molecule has 0 aliphatic carbocycles. The molecule has 4 nitrogen and oxygen atoms in total. The summed E-state index contributed by atoms with van der Waals surface area (Å²) in [4.78, 5) is 0. The van der Waals surface area contributed by atoms with Crippen LogP contribution in [0.1, 0.15) is 19.4 Å². The van der Waals surface area contributed by atoms with Gasteiger partial charge in [-0.15, -0.1) is 0 Å². The third kappa shape index (κ3) is 5.92. The quantitative estimate of drug-likeness (QED) is 0.874. The molecule has 0 fully saturated rings. The molecule has 1 aromatic carbocycles. The van der Waals surface area contributed by atoms with Crippen LogP contribution >= 0.6 is 0 Å². The van der Waals surface area contributed by atoms with Gasteiger partial charge >= 0.3 is 6.18 Å². The molecule has 0 radical (unpaired) electrons. The average molecular weight is 325 g/mol. The van der Waals surface area contributed by atoms with E-state index in [0.717, 1.165) is 6.07 Å². The lowest BCUT2D eigenvalue weighted by Crippen LogP contribution is -2.30. The molecule has 21 heavy (non-hydrogen) atoms. The maximum Gasteiger partial charge on any atom is 0.419 e. The van der Waals surface area contributed by atoms with Gasteiger partial charge in [0.15, 0.2) is 0 Å². The van der Waals surface area contributed by atoms with Crippen LogP contribution in [0.4, 0.5) is 13.2 Å². The Kier molecular flexibility index (Phi) is 5.63. The third-order valence-corrected chi connectivity index (χ3v) is 3.93. The van der Waals surface area contributed by atoms with E-state index in [0.29, 0.717) is 0 Å². The maximum atomic E-state index is 12.8. The number of nitrogens with two attached hydrogens (primary N) is 1. The monoisotopic (exact) mass is 325 g/mol. The molecule has 0 bridgehead atoms. The van der Waals surface area contributed by atoms with E-state index in [1.165, 1.54) is 18.2 Å². The summed E-state index contributed by atoms with van der Waals surface area (Å²) in [5.74, 6) is -1.23. The zero-order chi connectivity index (χ0) is 16.3. The molecule has 0 spiro atoms. The summed E-state index contributed by atoms with van der Waals surface area (Å²) in [6.07, 6.45) is -4.52. The first-order valence-corrected chi connectivity index (χ1v) is 8.01. The summed E-state index contributed by atoms with van der Waals surface area (Å²) in [6.45, 7) is 3.37. The standard InChI is InChI=1S/C13H18F3NO3S/c1-9(2)10(8-21(17,18)19)7-20-12-6-4-3-5-11(12)13(14,15)16/h3-6,9-10H,7-8H2,1-2H3,(H2,17,18,19). The molecular formula is C13H18F3NO3S. The van der Waals surface area contributed by atoms with E-state index in [9.17, 15) is 21.6 Å². The number of benzene rings is 1. The Bertz CT molecular complexity index is 570. The highest BCUT2D eigenvalue weighted by Crippen LogP contribution is 2.36. The van der Waals surface area contributed by atoms with Gasteiger partial charge in [-0.2, -0.15) is 13.2 Å². The lowest BCUT2D eigenvalue weighted by molar-refractivity contribution is -0.139. The number of halogens is 3. The van der Waals surface area contributed by atoms with Crippen LogP contribution in [0.5, 0.6) is 5.75 Å². The molecule has 1 rings (SSSR count). The molecule has 8 heteroatoms. The molecule has 0 saturated carbocycles. The molecule has 1 aromatic rings. The van der Waals surface area contributed by atoms with Crippen LogP contribution in [0.15, 0.2) is 24.3 Å². The molecule has 0 aliphatic rings. The smallest absolute Gasteiger partial charge is 0.419 e. The molecule has 1 unspecified atom stereocenters. The fourth-order valence-corrected chi connectivity index (χ4v) is 2.83. The van der Waals surface area contributed by atoms with E-state index < -0.39 is 27.7 Å². The highest BCUT2D eigenvalue weighted by atomic mass is 32.2. The maximum absolute atomic E-state index is 12.8. The van der Waals surface area contributed by atoms with E-state index in [1.807, 2.05) is 0 Å². The van der Waals surface area contributed by atoms with Crippen LogP contribution in [0.25, 0.3) is 0 Å². The molecule has 0 heterocycles. The molecule has 2 N–H and O–H groups in total. The highest BCUT2D eigenvalue weighted by molar-refractivity contribution is 7.89. The summed E-state index contributed by atoms with van der Waals surface area (Å²) >= 11 is 0. The van der Waals surface area contributed by atoms with E-state index in [1.54, 1.807) is 13.8 Å². The third-order valence-electron chi connectivity index (χ3n) is 3.03. The average Bonchev–Trinajstić information content (AvgIpc) is 2.32. The fourth-order valence-electron chi connectivity index (χ4n) is 1.75. The van der Waals surface area contributed by atoms with Gasteiger partial charge in [-0.25, -0.2) is 13.6 Å². The van der Waals surface area contributed by atoms with Gasteiger partial charge in [-0.05, 0) is 18.1 Å². The summed E-state index contributed by atoms with van der Waals surface area (Å²) in [7, 11) is -3.71. The molecule has 120 valence electrons. The number of ether oxygens (including phenoxy) is 1. The highest BCUT2D eigenvalue weighted by Gasteiger charge is 2.34. The fraction of sp³-hybridized carbons (Fsp3) is 0.538. The van der Waals surface area contributed by atoms with Gasteiger partial charge in [0.1, 0.15) is 5.75 Å². The van der Waals surface area contributed by atoms with Crippen molar-refractivity contribution < 1.29 is 26.3 Å². The van der Waals surface area contributed by atoms with Gasteiger partial charge in [0.2, 0.25) is 10.0 Å². The second kappa shape index (κ2) is 6.65. The number of rotatable bonds is 6. The second-order valence-electron chi connectivity index (χ2n) is 5.14. The van der Waals surface area contributed by atoms with Crippen LogP contribution in [-0.2, 0) is 16.2 Å².